The highest BCUT2D eigenvalue weighted by Gasteiger charge is 2.13. The molecule has 1 aliphatic rings. The Kier molecular flexibility index (Phi) is 3.58. The van der Waals surface area contributed by atoms with Gasteiger partial charge < -0.3 is 14.5 Å². The molecule has 1 aromatic heterocycles. The zero-order valence-corrected chi connectivity index (χ0v) is 9.06. The van der Waals surface area contributed by atoms with E-state index in [1.165, 1.54) is 0 Å². The number of ether oxygens (including phenoxy) is 2. The average molecular weight is 211 g/mol. The van der Waals surface area contributed by atoms with E-state index in [9.17, 15) is 0 Å². The van der Waals surface area contributed by atoms with Crippen molar-refractivity contribution in [2.75, 3.05) is 37.9 Å². The fourth-order valence-electron chi connectivity index (χ4n) is 1.65. The van der Waals surface area contributed by atoms with Crippen molar-refractivity contribution in [3.05, 3.63) is 18.2 Å². The Labute approximate surface area is 89.6 Å². The monoisotopic (exact) mass is 211 g/mol. The van der Waals surface area contributed by atoms with Crippen LogP contribution in [-0.4, -0.2) is 42.6 Å². The molecule has 0 radical (unpaired) electrons. The van der Waals surface area contributed by atoms with Crippen LogP contribution >= 0.6 is 0 Å². The summed E-state index contributed by atoms with van der Waals surface area (Å²) in [6.45, 7) is 6.67. The number of imidazole rings is 1. The highest BCUT2D eigenvalue weighted by Crippen LogP contribution is 2.04. The molecule has 5 nitrogen and oxygen atoms in total. The second kappa shape index (κ2) is 5.14. The van der Waals surface area contributed by atoms with Gasteiger partial charge in [0.2, 0.25) is 0 Å². The molecule has 0 atom stereocenters. The van der Waals surface area contributed by atoms with Crippen molar-refractivity contribution in [3.63, 3.8) is 0 Å². The summed E-state index contributed by atoms with van der Waals surface area (Å²) in [5.74, 6) is 0.957. The lowest BCUT2D eigenvalue weighted by molar-refractivity contribution is 0.103. The zero-order valence-electron chi connectivity index (χ0n) is 9.06. The van der Waals surface area contributed by atoms with Gasteiger partial charge in [-0.15, -0.1) is 0 Å². The van der Waals surface area contributed by atoms with Gasteiger partial charge in [-0.25, -0.2) is 9.66 Å². The van der Waals surface area contributed by atoms with Crippen LogP contribution in [0.25, 0.3) is 0 Å². The summed E-state index contributed by atoms with van der Waals surface area (Å²) in [5, 5.41) is 2.23. The predicted molar refractivity (Wildman–Crippen MR) is 56.3 cm³/mol. The Morgan fingerprint density at radius 2 is 2.27 bits per heavy atom. The van der Waals surface area contributed by atoms with Crippen molar-refractivity contribution in [3.8, 4) is 0 Å². The quantitative estimate of drug-likeness (QED) is 0.722. The lowest BCUT2D eigenvalue weighted by Gasteiger charge is -2.30. The van der Waals surface area contributed by atoms with Crippen LogP contribution < -0.4 is 5.01 Å². The predicted octanol–water partition coefficient (Wildman–Crippen LogP) is 0.388. The molecule has 1 fully saturated rings. The van der Waals surface area contributed by atoms with Gasteiger partial charge in [0.1, 0.15) is 6.61 Å². The van der Waals surface area contributed by atoms with E-state index in [1.54, 1.807) is 0 Å². The van der Waals surface area contributed by atoms with Crippen molar-refractivity contribution < 1.29 is 9.47 Å². The van der Waals surface area contributed by atoms with Gasteiger partial charge >= 0.3 is 0 Å². The van der Waals surface area contributed by atoms with Crippen LogP contribution in [0.15, 0.2) is 12.4 Å². The molecule has 0 saturated carbocycles. The van der Waals surface area contributed by atoms with Gasteiger partial charge in [-0.05, 0) is 6.92 Å². The molecule has 1 saturated heterocycles. The highest BCUT2D eigenvalue weighted by atomic mass is 16.5. The molecule has 1 aromatic rings. The summed E-state index contributed by atoms with van der Waals surface area (Å²) in [5.41, 5.74) is 0. The summed E-state index contributed by atoms with van der Waals surface area (Å²) < 4.78 is 12.7. The van der Waals surface area contributed by atoms with Gasteiger partial charge in [0, 0.05) is 19.0 Å². The molecule has 15 heavy (non-hydrogen) atoms. The second-order valence-electron chi connectivity index (χ2n) is 3.39. The molecule has 0 unspecified atom stereocenters. The first kappa shape index (κ1) is 10.4. The maximum atomic E-state index is 5.37. The van der Waals surface area contributed by atoms with Gasteiger partial charge in [0.15, 0.2) is 5.82 Å². The molecule has 0 N–H and O–H groups in total. The van der Waals surface area contributed by atoms with Crippen LogP contribution in [0.3, 0.4) is 0 Å². The van der Waals surface area contributed by atoms with Crippen LogP contribution in [0.4, 0.5) is 0 Å². The van der Waals surface area contributed by atoms with E-state index >= 15 is 0 Å². The molecular weight excluding hydrogens is 194 g/mol. The van der Waals surface area contributed by atoms with E-state index < -0.39 is 0 Å². The third-order valence-corrected chi connectivity index (χ3v) is 2.42. The normalized spacial score (nSPS) is 17.0. The summed E-state index contributed by atoms with van der Waals surface area (Å²) >= 11 is 0. The topological polar surface area (TPSA) is 39.5 Å². The molecule has 0 aromatic carbocycles. The Morgan fingerprint density at radius 1 is 1.47 bits per heavy atom. The first-order valence-corrected chi connectivity index (χ1v) is 5.34. The number of aromatic nitrogens is 2. The number of hydrogen-bond acceptors (Lipinski definition) is 4. The van der Waals surface area contributed by atoms with E-state index in [0.717, 1.165) is 38.7 Å². The average Bonchev–Trinajstić information content (AvgIpc) is 2.75. The molecule has 2 rings (SSSR count). The van der Waals surface area contributed by atoms with Gasteiger partial charge in [-0.1, -0.05) is 0 Å². The van der Waals surface area contributed by atoms with E-state index in [-0.39, 0.29) is 0 Å². The molecule has 0 spiro atoms. The lowest BCUT2D eigenvalue weighted by atomic mass is 10.5. The minimum absolute atomic E-state index is 0.570. The van der Waals surface area contributed by atoms with Crippen LogP contribution in [0.5, 0.6) is 0 Å². The summed E-state index contributed by atoms with van der Waals surface area (Å²) in [6.07, 6.45) is 3.78. The van der Waals surface area contributed by atoms with E-state index in [4.69, 9.17) is 9.47 Å². The van der Waals surface area contributed by atoms with E-state index in [1.807, 2.05) is 19.3 Å². The lowest BCUT2D eigenvalue weighted by Crippen LogP contribution is -2.44. The SMILES string of the molecule is CCOCc1nccn1N1CCOCC1. The third kappa shape index (κ3) is 2.49. The largest absolute Gasteiger partial charge is 0.378 e. The van der Waals surface area contributed by atoms with Crippen molar-refractivity contribution in [1.82, 2.24) is 9.66 Å². The number of hydrogen-bond donors (Lipinski definition) is 0. The zero-order chi connectivity index (χ0) is 10.5. The smallest absolute Gasteiger partial charge is 0.153 e. The van der Waals surface area contributed by atoms with Gasteiger partial charge in [-0.3, -0.25) is 0 Å². The minimum atomic E-state index is 0.570. The van der Waals surface area contributed by atoms with Crippen molar-refractivity contribution in [2.45, 2.75) is 13.5 Å². The number of rotatable bonds is 4. The summed E-state index contributed by atoms with van der Waals surface area (Å²) in [4.78, 5) is 4.28. The van der Waals surface area contributed by atoms with E-state index in [0.29, 0.717) is 6.61 Å². The first-order valence-electron chi connectivity index (χ1n) is 5.34. The maximum Gasteiger partial charge on any atom is 0.153 e. The van der Waals surface area contributed by atoms with Crippen LogP contribution in [0, 0.1) is 0 Å². The fourth-order valence-corrected chi connectivity index (χ4v) is 1.65. The summed E-state index contributed by atoms with van der Waals surface area (Å²) in [6, 6.07) is 0. The second-order valence-corrected chi connectivity index (χ2v) is 3.39. The summed E-state index contributed by atoms with van der Waals surface area (Å²) in [7, 11) is 0. The standard InChI is InChI=1S/C10H17N3O2/c1-2-14-9-10-11-3-4-13(10)12-5-7-15-8-6-12/h3-4H,2,5-9H2,1H3. The first-order chi connectivity index (χ1) is 7.42. The fraction of sp³-hybridized carbons (Fsp3) is 0.700. The Hall–Kier alpha value is -1.07. The molecule has 0 bridgehead atoms. The highest BCUT2D eigenvalue weighted by molar-refractivity contribution is 4.99. The van der Waals surface area contributed by atoms with Gasteiger partial charge in [0.05, 0.1) is 26.3 Å². The molecule has 2 heterocycles. The van der Waals surface area contributed by atoms with E-state index in [2.05, 4.69) is 14.7 Å². The maximum absolute atomic E-state index is 5.37. The van der Waals surface area contributed by atoms with Gasteiger partial charge in [0.25, 0.3) is 0 Å². The molecule has 84 valence electrons. The Morgan fingerprint density at radius 3 is 3.00 bits per heavy atom. The molecular formula is C10H17N3O2. The van der Waals surface area contributed by atoms with Gasteiger partial charge in [-0.2, -0.15) is 0 Å². The minimum Gasteiger partial charge on any atom is -0.378 e. The molecule has 0 aliphatic carbocycles. The molecule has 0 amide bonds. The van der Waals surface area contributed by atoms with Crippen molar-refractivity contribution in [2.24, 2.45) is 0 Å². The van der Waals surface area contributed by atoms with Crippen molar-refractivity contribution >= 4 is 0 Å². The van der Waals surface area contributed by atoms with Crippen LogP contribution in [0.1, 0.15) is 12.7 Å². The third-order valence-electron chi connectivity index (χ3n) is 2.42. The Bertz CT molecular complexity index is 295. The van der Waals surface area contributed by atoms with Crippen molar-refractivity contribution in [1.29, 1.82) is 0 Å². The Balaban J connectivity index is 2.02. The van der Waals surface area contributed by atoms with Crippen LogP contribution in [-0.2, 0) is 16.1 Å². The number of morpholine rings is 1. The molecule has 1 aliphatic heterocycles. The molecule has 5 heteroatoms. The van der Waals surface area contributed by atoms with Crippen LogP contribution in [0.2, 0.25) is 0 Å². The number of nitrogens with zero attached hydrogens (tertiary/aromatic N) is 3.